The van der Waals surface area contributed by atoms with Crippen LogP contribution in [-0.2, 0) is 0 Å². The first-order chi connectivity index (χ1) is 10.1. The molecular formula is C16H18BrFN2O. The van der Waals surface area contributed by atoms with Crippen molar-refractivity contribution in [3.05, 3.63) is 34.1 Å². The van der Waals surface area contributed by atoms with E-state index in [1.165, 1.54) is 12.5 Å². The number of halogens is 2. The predicted molar refractivity (Wildman–Crippen MR) is 82.2 cm³/mol. The highest BCUT2D eigenvalue weighted by atomic mass is 79.9. The van der Waals surface area contributed by atoms with Crippen LogP contribution in [0.4, 0.5) is 4.39 Å². The molecule has 1 aliphatic rings. The van der Waals surface area contributed by atoms with E-state index in [0.29, 0.717) is 12.8 Å². The van der Waals surface area contributed by atoms with Crippen molar-refractivity contribution >= 4 is 21.8 Å². The van der Waals surface area contributed by atoms with Crippen LogP contribution in [0.25, 0.3) is 0 Å². The Labute approximate surface area is 132 Å². The molecule has 1 aromatic rings. The molecule has 1 saturated carbocycles. The number of nitrogens with one attached hydrogen (secondary N) is 1. The smallest absolute Gasteiger partial charge is 0.255 e. The zero-order valence-corrected chi connectivity index (χ0v) is 13.4. The zero-order valence-electron chi connectivity index (χ0n) is 11.8. The van der Waals surface area contributed by atoms with Gasteiger partial charge in [0.15, 0.2) is 0 Å². The van der Waals surface area contributed by atoms with E-state index >= 15 is 0 Å². The number of carbonyl (C=O) groups is 1. The Morgan fingerprint density at radius 1 is 1.24 bits per heavy atom. The summed E-state index contributed by atoms with van der Waals surface area (Å²) in [5, 5.41) is 12.3. The van der Waals surface area contributed by atoms with Gasteiger partial charge >= 0.3 is 0 Å². The van der Waals surface area contributed by atoms with Gasteiger partial charge < -0.3 is 5.32 Å². The summed E-state index contributed by atoms with van der Waals surface area (Å²) >= 11 is 3.07. The first kappa shape index (κ1) is 16.0. The fourth-order valence-electron chi connectivity index (χ4n) is 2.74. The molecule has 0 spiro atoms. The molecule has 0 radical (unpaired) electrons. The molecule has 1 aliphatic carbocycles. The summed E-state index contributed by atoms with van der Waals surface area (Å²) < 4.78 is 14.2. The Balaban J connectivity index is 2.19. The molecule has 3 nitrogen and oxygen atoms in total. The van der Waals surface area contributed by atoms with E-state index in [9.17, 15) is 14.4 Å². The minimum atomic E-state index is -0.869. The van der Waals surface area contributed by atoms with Crippen LogP contribution in [0.15, 0.2) is 22.7 Å². The number of benzene rings is 1. The van der Waals surface area contributed by atoms with Crippen molar-refractivity contribution in [2.45, 2.75) is 50.5 Å². The SMILES string of the molecule is N#CC1(NC(=O)c2cccc(Br)c2F)CCCCCCC1. The fourth-order valence-corrected chi connectivity index (χ4v) is 3.10. The molecule has 0 heterocycles. The highest BCUT2D eigenvalue weighted by molar-refractivity contribution is 9.10. The third kappa shape index (κ3) is 3.82. The van der Waals surface area contributed by atoms with Crippen LogP contribution in [0.2, 0.25) is 0 Å². The lowest BCUT2D eigenvalue weighted by molar-refractivity contribution is 0.0903. The van der Waals surface area contributed by atoms with Crippen LogP contribution in [0.5, 0.6) is 0 Å². The van der Waals surface area contributed by atoms with Crippen LogP contribution in [0, 0.1) is 17.1 Å². The Morgan fingerprint density at radius 2 is 1.86 bits per heavy atom. The Hall–Kier alpha value is -1.41. The molecule has 1 amide bonds. The van der Waals surface area contributed by atoms with E-state index in [-0.39, 0.29) is 10.0 Å². The third-order valence-electron chi connectivity index (χ3n) is 3.97. The van der Waals surface area contributed by atoms with E-state index < -0.39 is 17.3 Å². The van der Waals surface area contributed by atoms with E-state index in [2.05, 4.69) is 27.3 Å². The van der Waals surface area contributed by atoms with Gasteiger partial charge in [-0.15, -0.1) is 0 Å². The van der Waals surface area contributed by atoms with Crippen LogP contribution < -0.4 is 5.32 Å². The number of hydrogen-bond donors (Lipinski definition) is 1. The molecular weight excluding hydrogens is 335 g/mol. The molecule has 0 aliphatic heterocycles. The number of amides is 1. The molecule has 0 unspecified atom stereocenters. The third-order valence-corrected chi connectivity index (χ3v) is 4.58. The van der Waals surface area contributed by atoms with Gasteiger partial charge in [0.2, 0.25) is 0 Å². The molecule has 0 atom stereocenters. The van der Waals surface area contributed by atoms with Gasteiger partial charge in [0.1, 0.15) is 11.4 Å². The van der Waals surface area contributed by atoms with Gasteiger partial charge in [-0.25, -0.2) is 4.39 Å². The lowest BCUT2D eigenvalue weighted by Crippen LogP contribution is -2.48. The summed E-state index contributed by atoms with van der Waals surface area (Å²) in [5.74, 6) is -1.11. The molecule has 21 heavy (non-hydrogen) atoms. The molecule has 112 valence electrons. The van der Waals surface area contributed by atoms with Crippen molar-refractivity contribution in [1.29, 1.82) is 5.26 Å². The molecule has 1 N–H and O–H groups in total. The Bertz CT molecular complexity index is 560. The van der Waals surface area contributed by atoms with Crippen LogP contribution >= 0.6 is 15.9 Å². The first-order valence-corrected chi connectivity index (χ1v) is 8.05. The van der Waals surface area contributed by atoms with Crippen LogP contribution in [0.1, 0.15) is 55.3 Å². The zero-order chi connectivity index (χ0) is 15.3. The lowest BCUT2D eigenvalue weighted by atomic mass is 9.85. The number of rotatable bonds is 2. The van der Waals surface area contributed by atoms with Gasteiger partial charge in [0.25, 0.3) is 5.91 Å². The fraction of sp³-hybridized carbons (Fsp3) is 0.500. The van der Waals surface area contributed by atoms with Gasteiger partial charge in [-0.3, -0.25) is 4.79 Å². The van der Waals surface area contributed by atoms with Crippen molar-refractivity contribution < 1.29 is 9.18 Å². The molecule has 5 heteroatoms. The molecule has 1 fully saturated rings. The molecule has 0 aromatic heterocycles. The Kier molecular flexibility index (Phi) is 5.35. The van der Waals surface area contributed by atoms with E-state index in [0.717, 1.165) is 25.7 Å². The minimum absolute atomic E-state index is 0.0268. The number of hydrogen-bond acceptors (Lipinski definition) is 2. The van der Waals surface area contributed by atoms with Crippen molar-refractivity contribution in [2.24, 2.45) is 0 Å². The van der Waals surface area contributed by atoms with Gasteiger partial charge in [0.05, 0.1) is 16.1 Å². The molecule has 0 saturated heterocycles. The first-order valence-electron chi connectivity index (χ1n) is 7.26. The summed E-state index contributed by atoms with van der Waals surface area (Å²) in [4.78, 5) is 12.3. The van der Waals surface area contributed by atoms with Gasteiger partial charge in [-0.05, 0) is 40.9 Å². The van der Waals surface area contributed by atoms with Crippen molar-refractivity contribution in [3.63, 3.8) is 0 Å². The van der Waals surface area contributed by atoms with E-state index in [4.69, 9.17) is 0 Å². The van der Waals surface area contributed by atoms with Crippen LogP contribution in [0.3, 0.4) is 0 Å². The maximum absolute atomic E-state index is 14.0. The number of carbonyl (C=O) groups excluding carboxylic acids is 1. The van der Waals surface area contributed by atoms with E-state index in [1.54, 1.807) is 12.1 Å². The predicted octanol–water partition coefficient (Wildman–Crippen LogP) is 4.32. The van der Waals surface area contributed by atoms with Crippen molar-refractivity contribution in [2.75, 3.05) is 0 Å². The second-order valence-electron chi connectivity index (χ2n) is 5.52. The molecule has 2 rings (SSSR count). The van der Waals surface area contributed by atoms with Gasteiger partial charge in [-0.2, -0.15) is 5.26 Å². The second kappa shape index (κ2) is 7.04. The van der Waals surface area contributed by atoms with Gasteiger partial charge in [0, 0.05) is 0 Å². The highest BCUT2D eigenvalue weighted by Gasteiger charge is 2.33. The van der Waals surface area contributed by atoms with Crippen molar-refractivity contribution in [3.8, 4) is 6.07 Å². The highest BCUT2D eigenvalue weighted by Crippen LogP contribution is 2.27. The minimum Gasteiger partial charge on any atom is -0.334 e. The summed E-state index contributed by atoms with van der Waals surface area (Å²) in [7, 11) is 0. The quantitative estimate of drug-likeness (QED) is 0.861. The summed E-state index contributed by atoms with van der Waals surface area (Å²) in [5.41, 5.74) is -0.896. The van der Waals surface area contributed by atoms with E-state index in [1.807, 2.05) is 0 Å². The molecule has 0 bridgehead atoms. The number of nitrogens with zero attached hydrogens (tertiary/aromatic N) is 1. The maximum Gasteiger partial charge on any atom is 0.255 e. The number of nitriles is 1. The molecule has 1 aromatic carbocycles. The Morgan fingerprint density at radius 3 is 2.48 bits per heavy atom. The van der Waals surface area contributed by atoms with Crippen molar-refractivity contribution in [1.82, 2.24) is 5.32 Å². The normalized spacial score (nSPS) is 18.1. The van der Waals surface area contributed by atoms with Gasteiger partial charge in [-0.1, -0.05) is 38.2 Å². The monoisotopic (exact) mass is 352 g/mol. The largest absolute Gasteiger partial charge is 0.334 e. The second-order valence-corrected chi connectivity index (χ2v) is 6.37. The lowest BCUT2D eigenvalue weighted by Gasteiger charge is -2.29. The maximum atomic E-state index is 14.0. The van der Waals surface area contributed by atoms with Crippen LogP contribution in [-0.4, -0.2) is 11.4 Å². The summed E-state index contributed by atoms with van der Waals surface area (Å²) in [6.07, 6.45) is 6.41. The standard InChI is InChI=1S/C16H18BrFN2O/c17-13-8-6-7-12(14(13)18)15(21)20-16(11-19)9-4-2-1-3-5-10-16/h6-8H,1-5,9-10H2,(H,20,21). The summed E-state index contributed by atoms with van der Waals surface area (Å²) in [6, 6.07) is 6.84. The topological polar surface area (TPSA) is 52.9 Å². The average molecular weight is 353 g/mol. The summed E-state index contributed by atoms with van der Waals surface area (Å²) in [6.45, 7) is 0. The average Bonchev–Trinajstić information content (AvgIpc) is 2.45.